The zero-order valence-corrected chi connectivity index (χ0v) is 15.3. The van der Waals surface area contributed by atoms with E-state index in [1.54, 1.807) is 0 Å². The quantitative estimate of drug-likeness (QED) is 0.194. The molecule has 118 valence electrons. The Morgan fingerprint density at radius 2 is 1.05 bits per heavy atom. The van der Waals surface area contributed by atoms with E-state index in [2.05, 4.69) is 0 Å². The summed E-state index contributed by atoms with van der Waals surface area (Å²) in [7, 11) is -7.26. The van der Waals surface area contributed by atoms with Crippen LogP contribution in [-0.4, -0.2) is 10.00 Å². The largest absolute Gasteiger partial charge is 4.00 e. The Morgan fingerprint density at radius 1 is 0.842 bits per heavy atom. The summed E-state index contributed by atoms with van der Waals surface area (Å²) < 4.78 is 16.5. The van der Waals surface area contributed by atoms with Crippen LogP contribution < -0.4 is 31.0 Å². The fourth-order valence-electron chi connectivity index (χ4n) is 1.08. The van der Waals surface area contributed by atoms with Crippen molar-refractivity contribution in [3.05, 3.63) is 0 Å². The van der Waals surface area contributed by atoms with Crippen molar-refractivity contribution in [2.45, 2.75) is 35.7 Å². The SMILES string of the molecule is NC1(N)CCC(Cl)(Cl)CC1.O=[PH]([O-])[O-].O=[PH]([O-])[O-].[Pt+4]. The van der Waals surface area contributed by atoms with Crippen molar-refractivity contribution in [3.8, 4) is 0 Å². The molecule has 0 saturated heterocycles. The van der Waals surface area contributed by atoms with Gasteiger partial charge in [0.1, 0.15) is 4.33 Å². The van der Waals surface area contributed by atoms with E-state index in [1.165, 1.54) is 0 Å². The molecule has 0 spiro atoms. The molecule has 1 saturated carbocycles. The summed E-state index contributed by atoms with van der Waals surface area (Å²) in [5, 5.41) is 0. The molecule has 0 aliphatic heterocycles. The molecule has 0 unspecified atom stereocenters. The van der Waals surface area contributed by atoms with Gasteiger partial charge in [0, 0.05) is 0 Å². The van der Waals surface area contributed by atoms with Gasteiger partial charge in [0.05, 0.1) is 5.66 Å². The van der Waals surface area contributed by atoms with Crippen LogP contribution in [0.3, 0.4) is 0 Å². The first-order valence-corrected chi connectivity index (χ1v) is 7.80. The number of rotatable bonds is 0. The van der Waals surface area contributed by atoms with Gasteiger partial charge in [-0.25, -0.2) is 0 Å². The Bertz CT molecular complexity index is 249. The van der Waals surface area contributed by atoms with Gasteiger partial charge in [-0.05, 0) is 25.7 Å². The maximum absolute atomic E-state index is 8.52. The topological polar surface area (TPSA) is 178 Å². The first-order chi connectivity index (χ1) is 7.88. The summed E-state index contributed by atoms with van der Waals surface area (Å²) in [6.45, 7) is 0. The average Bonchev–Trinajstić information content (AvgIpc) is 2.09. The summed E-state index contributed by atoms with van der Waals surface area (Å²) in [4.78, 5) is 34.1. The summed E-state index contributed by atoms with van der Waals surface area (Å²) >= 11 is 11.7. The Kier molecular flexibility index (Phi) is 16.2. The number of hydrogen-bond acceptors (Lipinski definition) is 8. The zero-order chi connectivity index (χ0) is 15.0. The van der Waals surface area contributed by atoms with Crippen molar-refractivity contribution < 1.29 is 49.8 Å². The van der Waals surface area contributed by atoms with Crippen LogP contribution >= 0.6 is 39.7 Å². The molecule has 0 aromatic carbocycles. The van der Waals surface area contributed by atoms with E-state index in [1.807, 2.05) is 0 Å². The van der Waals surface area contributed by atoms with Crippen molar-refractivity contribution in [1.29, 1.82) is 0 Å². The summed E-state index contributed by atoms with van der Waals surface area (Å²) in [6, 6.07) is 0. The van der Waals surface area contributed by atoms with Crippen molar-refractivity contribution >= 4 is 39.7 Å². The van der Waals surface area contributed by atoms with E-state index < -0.39 is 26.5 Å². The standard InChI is InChI=1S/C6H12Cl2N2.2H3O3P.Pt/c7-5(8)1-3-6(9,10)4-2-5;2*1-4(2)3;/h1-4,9-10H2;2*4H,(H2,1,2,3);/q;;;+4/p-4. The van der Waals surface area contributed by atoms with Gasteiger partial charge in [0.15, 0.2) is 0 Å². The van der Waals surface area contributed by atoms with Crippen LogP contribution in [0.15, 0.2) is 0 Å². The second-order valence-corrected chi connectivity index (χ2v) is 6.23. The maximum atomic E-state index is 8.52. The van der Waals surface area contributed by atoms with Crippen LogP contribution in [0, 0.1) is 0 Å². The molecule has 8 nitrogen and oxygen atoms in total. The second kappa shape index (κ2) is 12.1. The molecule has 19 heavy (non-hydrogen) atoms. The third-order valence-electron chi connectivity index (χ3n) is 1.91. The second-order valence-electron chi connectivity index (χ2n) is 3.59. The van der Waals surface area contributed by atoms with E-state index in [-0.39, 0.29) is 21.1 Å². The first-order valence-electron chi connectivity index (χ1n) is 4.59. The summed E-state index contributed by atoms with van der Waals surface area (Å²) in [5.41, 5.74) is 10.8. The minimum absolute atomic E-state index is 0. The smallest absolute Gasteiger partial charge is 0.813 e. The van der Waals surface area contributed by atoms with Crippen LogP contribution in [-0.2, 0) is 30.2 Å². The fourth-order valence-corrected chi connectivity index (χ4v) is 1.46. The fraction of sp³-hybridized carbons (Fsp3) is 1.00. The van der Waals surface area contributed by atoms with Crippen molar-refractivity contribution in [1.82, 2.24) is 0 Å². The average molecular weight is 538 g/mol. The number of alkyl halides is 2. The number of nitrogens with two attached hydrogens (primary N) is 2. The molecule has 1 rings (SSSR count). The van der Waals surface area contributed by atoms with E-state index in [4.69, 9.17) is 63.4 Å². The van der Waals surface area contributed by atoms with E-state index >= 15 is 0 Å². The van der Waals surface area contributed by atoms with E-state index in [0.717, 1.165) is 0 Å². The zero-order valence-electron chi connectivity index (χ0n) is 9.50. The number of halogens is 2. The van der Waals surface area contributed by atoms with Gasteiger partial charge in [0.25, 0.3) is 0 Å². The molecular formula is C6H14Cl2N2O6P2Pt. The molecule has 0 bridgehead atoms. The predicted octanol–water partition coefficient (Wildman–Crippen LogP) is -2.46. The van der Waals surface area contributed by atoms with Gasteiger partial charge < -0.3 is 40.2 Å². The minimum Gasteiger partial charge on any atom is -0.813 e. The normalized spacial score (nSPS) is 19.5. The van der Waals surface area contributed by atoms with Crippen molar-refractivity contribution in [2.75, 3.05) is 0 Å². The minimum atomic E-state index is -3.63. The number of hydrogen-bond donors (Lipinski definition) is 2. The third kappa shape index (κ3) is 24.8. The maximum Gasteiger partial charge on any atom is 4.00 e. The van der Waals surface area contributed by atoms with Crippen LogP contribution in [0.1, 0.15) is 25.7 Å². The summed E-state index contributed by atoms with van der Waals surface area (Å²) in [6.07, 6.45) is 2.81. The molecule has 0 aromatic heterocycles. The molecule has 0 amide bonds. The molecule has 1 aliphatic carbocycles. The third-order valence-corrected chi connectivity index (χ3v) is 2.67. The Balaban J connectivity index is -0.000000242. The first kappa shape index (κ1) is 25.4. The van der Waals surface area contributed by atoms with Crippen molar-refractivity contribution in [2.24, 2.45) is 11.5 Å². The van der Waals surface area contributed by atoms with Gasteiger partial charge in [0.2, 0.25) is 0 Å². The monoisotopic (exact) mass is 537 g/mol. The van der Waals surface area contributed by atoms with Gasteiger partial charge >= 0.3 is 21.1 Å². The Morgan fingerprint density at radius 3 is 1.21 bits per heavy atom. The van der Waals surface area contributed by atoms with Gasteiger partial charge in [-0.15, -0.1) is 23.2 Å². The molecule has 1 fully saturated rings. The molecule has 0 radical (unpaired) electrons. The molecule has 4 N–H and O–H groups in total. The Labute approximate surface area is 136 Å². The molecule has 13 heteroatoms. The molecular weight excluding hydrogens is 524 g/mol. The summed E-state index contributed by atoms with van der Waals surface area (Å²) in [5.74, 6) is 0. The van der Waals surface area contributed by atoms with Crippen LogP contribution in [0.2, 0.25) is 0 Å². The molecule has 0 heterocycles. The molecule has 0 aromatic rings. The van der Waals surface area contributed by atoms with Crippen LogP contribution in [0.25, 0.3) is 0 Å². The van der Waals surface area contributed by atoms with Crippen LogP contribution in [0.5, 0.6) is 0 Å². The predicted molar refractivity (Wildman–Crippen MR) is 62.0 cm³/mol. The van der Waals surface area contributed by atoms with Gasteiger partial charge in [-0.2, -0.15) is 0 Å². The van der Waals surface area contributed by atoms with Gasteiger partial charge in [-0.1, -0.05) is 16.5 Å². The van der Waals surface area contributed by atoms with E-state index in [0.29, 0.717) is 25.7 Å². The molecule has 0 atom stereocenters. The molecule has 1 aliphatic rings. The van der Waals surface area contributed by atoms with Crippen LogP contribution in [0.4, 0.5) is 0 Å². The Hall–Kier alpha value is 1.49. The van der Waals surface area contributed by atoms with Crippen molar-refractivity contribution in [3.63, 3.8) is 0 Å². The van der Waals surface area contributed by atoms with E-state index in [9.17, 15) is 0 Å². The van der Waals surface area contributed by atoms with Gasteiger partial charge in [-0.3, -0.25) is 0 Å².